The van der Waals surface area contributed by atoms with Crippen LogP contribution in [0.4, 0.5) is 13.2 Å². The maximum atomic E-state index is 12.4. The third-order valence-corrected chi connectivity index (χ3v) is 2.83. The Morgan fingerprint density at radius 3 is 2.44 bits per heavy atom. The molecule has 106 valence electrons. The maximum absolute atomic E-state index is 12.4. The molecule has 0 saturated carbocycles. The predicted molar refractivity (Wildman–Crippen MR) is 60.2 cm³/mol. The van der Waals surface area contributed by atoms with E-state index in [1.54, 1.807) is 4.90 Å². The minimum atomic E-state index is -4.29. The highest BCUT2D eigenvalue weighted by Crippen LogP contribution is 2.17. The maximum Gasteiger partial charge on any atom is 0.401 e. The lowest BCUT2D eigenvalue weighted by molar-refractivity contribution is -0.152. The number of ether oxygens (including phenoxy) is 1. The van der Waals surface area contributed by atoms with Crippen LogP contribution in [0.2, 0.25) is 0 Å². The highest BCUT2D eigenvalue weighted by atomic mass is 19.4. The Hall–Kier alpha value is -0.820. The quantitative estimate of drug-likeness (QED) is 0.723. The van der Waals surface area contributed by atoms with Crippen LogP contribution in [-0.4, -0.2) is 68.3 Å². The Labute approximate surface area is 105 Å². The second-order valence-electron chi connectivity index (χ2n) is 4.41. The number of carbonyl (C=O) groups excluding carboxylic acids is 1. The number of halogens is 3. The lowest BCUT2D eigenvalue weighted by atomic mass is 10.4. The van der Waals surface area contributed by atoms with E-state index in [1.165, 1.54) is 7.11 Å². The van der Waals surface area contributed by atoms with Gasteiger partial charge in [-0.3, -0.25) is 9.69 Å². The Balaban J connectivity index is 2.45. The third kappa shape index (κ3) is 5.68. The molecule has 1 fully saturated rings. The van der Waals surface area contributed by atoms with E-state index in [-0.39, 0.29) is 25.6 Å². The molecule has 1 saturated heterocycles. The first-order valence-electron chi connectivity index (χ1n) is 5.98. The normalized spacial score (nSPS) is 16.6. The van der Waals surface area contributed by atoms with Gasteiger partial charge in [-0.15, -0.1) is 0 Å². The van der Waals surface area contributed by atoms with Crippen molar-refractivity contribution < 1.29 is 22.7 Å². The highest BCUT2D eigenvalue weighted by molar-refractivity contribution is 5.78. The van der Waals surface area contributed by atoms with Crippen LogP contribution in [0.3, 0.4) is 0 Å². The fraction of sp³-hybridized carbons (Fsp3) is 0.909. The Kier molecular flexibility index (Phi) is 5.87. The molecule has 1 heterocycles. The molecular formula is C11H19F3N2O2. The second-order valence-corrected chi connectivity index (χ2v) is 4.41. The zero-order valence-electron chi connectivity index (χ0n) is 10.5. The predicted octanol–water partition coefficient (Wildman–Crippen LogP) is 1.12. The molecule has 1 aliphatic rings. The van der Waals surface area contributed by atoms with E-state index in [2.05, 4.69) is 0 Å². The van der Waals surface area contributed by atoms with Gasteiger partial charge in [0.1, 0.15) is 0 Å². The number of carbonyl (C=O) groups is 1. The number of methoxy groups -OCH3 is 1. The zero-order valence-corrected chi connectivity index (χ0v) is 10.5. The second kappa shape index (κ2) is 6.94. The molecule has 0 aliphatic carbocycles. The van der Waals surface area contributed by atoms with Gasteiger partial charge < -0.3 is 9.64 Å². The molecule has 0 radical (unpaired) electrons. The van der Waals surface area contributed by atoms with Crippen LogP contribution in [0.5, 0.6) is 0 Å². The molecule has 0 bridgehead atoms. The molecule has 0 aromatic heterocycles. The minimum Gasteiger partial charge on any atom is -0.383 e. The van der Waals surface area contributed by atoms with Gasteiger partial charge in [0.15, 0.2) is 0 Å². The van der Waals surface area contributed by atoms with Gasteiger partial charge in [-0.1, -0.05) is 0 Å². The summed E-state index contributed by atoms with van der Waals surface area (Å²) in [6.45, 7) is 0.337. The Morgan fingerprint density at radius 1 is 1.33 bits per heavy atom. The lowest BCUT2D eigenvalue weighted by Crippen LogP contribution is -2.44. The molecule has 4 nitrogen and oxygen atoms in total. The highest BCUT2D eigenvalue weighted by Gasteiger charge is 2.32. The number of alkyl halides is 3. The van der Waals surface area contributed by atoms with E-state index < -0.39 is 12.7 Å². The van der Waals surface area contributed by atoms with E-state index in [0.717, 1.165) is 17.7 Å². The van der Waals surface area contributed by atoms with Gasteiger partial charge in [-0.05, 0) is 12.8 Å². The van der Waals surface area contributed by atoms with Crippen molar-refractivity contribution in [2.45, 2.75) is 19.0 Å². The largest absolute Gasteiger partial charge is 0.401 e. The molecule has 0 atom stereocenters. The summed E-state index contributed by atoms with van der Waals surface area (Å²) in [6, 6.07) is 0. The first kappa shape index (κ1) is 15.2. The van der Waals surface area contributed by atoms with Gasteiger partial charge in [0.2, 0.25) is 5.91 Å². The number of likely N-dealkylation sites (tertiary alicyclic amines) is 1. The molecule has 0 aromatic carbocycles. The summed E-state index contributed by atoms with van der Waals surface area (Å²) in [5.74, 6) is -0.229. The molecule has 1 rings (SSSR count). The van der Waals surface area contributed by atoms with Crippen LogP contribution < -0.4 is 0 Å². The lowest BCUT2D eigenvalue weighted by Gasteiger charge is -2.25. The van der Waals surface area contributed by atoms with Crippen molar-refractivity contribution in [1.29, 1.82) is 0 Å². The summed E-state index contributed by atoms with van der Waals surface area (Å²) in [5.41, 5.74) is 0. The molecule has 0 aromatic rings. The molecule has 0 spiro atoms. The monoisotopic (exact) mass is 268 g/mol. The number of rotatable bonds is 6. The summed E-state index contributed by atoms with van der Waals surface area (Å²) >= 11 is 0. The van der Waals surface area contributed by atoms with Crippen molar-refractivity contribution in [3.05, 3.63) is 0 Å². The smallest absolute Gasteiger partial charge is 0.383 e. The van der Waals surface area contributed by atoms with Gasteiger partial charge in [-0.2, -0.15) is 13.2 Å². The van der Waals surface area contributed by atoms with E-state index in [4.69, 9.17) is 4.74 Å². The van der Waals surface area contributed by atoms with Crippen molar-refractivity contribution in [1.82, 2.24) is 9.80 Å². The minimum absolute atomic E-state index is 0.107. The van der Waals surface area contributed by atoms with Crippen molar-refractivity contribution in [3.63, 3.8) is 0 Å². The Bertz CT molecular complexity index is 266. The fourth-order valence-corrected chi connectivity index (χ4v) is 1.95. The number of hydrogen-bond acceptors (Lipinski definition) is 3. The molecule has 0 unspecified atom stereocenters. The molecule has 18 heavy (non-hydrogen) atoms. The van der Waals surface area contributed by atoms with E-state index in [0.29, 0.717) is 13.1 Å². The molecule has 7 heteroatoms. The van der Waals surface area contributed by atoms with Gasteiger partial charge in [0, 0.05) is 26.7 Å². The number of nitrogens with zero attached hydrogens (tertiary/aromatic N) is 2. The number of hydrogen-bond donors (Lipinski definition) is 0. The first-order chi connectivity index (χ1) is 8.42. The van der Waals surface area contributed by atoms with Gasteiger partial charge >= 0.3 is 6.18 Å². The topological polar surface area (TPSA) is 32.8 Å². The zero-order chi connectivity index (χ0) is 13.6. The summed E-state index contributed by atoms with van der Waals surface area (Å²) in [5, 5.41) is 0. The van der Waals surface area contributed by atoms with Crippen molar-refractivity contribution >= 4 is 5.91 Å². The average Bonchev–Trinajstić information content (AvgIpc) is 2.77. The van der Waals surface area contributed by atoms with Gasteiger partial charge in [0.05, 0.1) is 19.7 Å². The van der Waals surface area contributed by atoms with Crippen molar-refractivity contribution in [2.75, 3.05) is 46.4 Å². The SMILES string of the molecule is COCCN(CC(=O)N1CCCC1)CC(F)(F)F. The fourth-order valence-electron chi connectivity index (χ4n) is 1.95. The summed E-state index contributed by atoms with van der Waals surface area (Å²) < 4.78 is 41.8. The summed E-state index contributed by atoms with van der Waals surface area (Å²) in [7, 11) is 1.42. The van der Waals surface area contributed by atoms with Crippen molar-refractivity contribution in [3.8, 4) is 0 Å². The van der Waals surface area contributed by atoms with Crippen LogP contribution in [0.25, 0.3) is 0 Å². The van der Waals surface area contributed by atoms with Crippen LogP contribution in [-0.2, 0) is 9.53 Å². The molecule has 0 N–H and O–H groups in total. The summed E-state index contributed by atoms with van der Waals surface area (Å²) in [4.78, 5) is 14.5. The standard InChI is InChI=1S/C11H19F3N2O2/c1-18-7-6-15(9-11(12,13)14)8-10(17)16-4-2-3-5-16/h2-9H2,1H3. The van der Waals surface area contributed by atoms with E-state index in [9.17, 15) is 18.0 Å². The summed E-state index contributed by atoms with van der Waals surface area (Å²) in [6.07, 6.45) is -2.43. The van der Waals surface area contributed by atoms with Gasteiger partial charge in [-0.25, -0.2) is 0 Å². The first-order valence-corrected chi connectivity index (χ1v) is 5.98. The average molecular weight is 268 g/mol. The number of amides is 1. The van der Waals surface area contributed by atoms with Gasteiger partial charge in [0.25, 0.3) is 0 Å². The van der Waals surface area contributed by atoms with Crippen LogP contribution in [0.15, 0.2) is 0 Å². The Morgan fingerprint density at radius 2 is 1.94 bits per heavy atom. The third-order valence-electron chi connectivity index (χ3n) is 2.83. The molecule has 1 amide bonds. The van der Waals surface area contributed by atoms with E-state index >= 15 is 0 Å². The van der Waals surface area contributed by atoms with Crippen LogP contribution in [0.1, 0.15) is 12.8 Å². The van der Waals surface area contributed by atoms with Crippen molar-refractivity contribution in [2.24, 2.45) is 0 Å². The molecular weight excluding hydrogens is 249 g/mol. The van der Waals surface area contributed by atoms with Crippen LogP contribution in [0, 0.1) is 0 Å². The molecule has 1 aliphatic heterocycles. The van der Waals surface area contributed by atoms with Crippen LogP contribution >= 0.6 is 0 Å². The van der Waals surface area contributed by atoms with E-state index in [1.807, 2.05) is 0 Å².